The maximum Gasteiger partial charge on any atom is 0.319 e. The molecule has 1 rings (SSSR count). The van der Waals surface area contributed by atoms with E-state index < -0.39 is 0 Å². The van der Waals surface area contributed by atoms with E-state index in [0.29, 0.717) is 11.4 Å². The number of hydrogen-bond acceptors (Lipinski definition) is 3. The van der Waals surface area contributed by atoms with Crippen LogP contribution >= 0.6 is 0 Å². The predicted octanol–water partition coefficient (Wildman–Crippen LogP) is 1.83. The average molecular weight is 252 g/mol. The first-order chi connectivity index (χ1) is 8.58. The Labute approximate surface area is 107 Å². The van der Waals surface area contributed by atoms with Gasteiger partial charge in [-0.3, -0.25) is 0 Å². The molecule has 0 aromatic heterocycles. The highest BCUT2D eigenvalue weighted by molar-refractivity contribution is 5.91. The minimum atomic E-state index is -0.354. The number of hydrogen-bond donors (Lipinski definition) is 3. The Bertz CT molecular complexity index is 394. The first-order valence-electron chi connectivity index (χ1n) is 5.90. The number of aliphatic hydroxyl groups excluding tert-OH is 1. The third-order valence-corrected chi connectivity index (χ3v) is 2.67. The van der Waals surface area contributed by atoms with Gasteiger partial charge in [-0.05, 0) is 18.1 Å². The Kier molecular flexibility index (Phi) is 5.45. The highest BCUT2D eigenvalue weighted by Crippen LogP contribution is 2.22. The fraction of sp³-hybridized carbons (Fsp3) is 0.462. The van der Waals surface area contributed by atoms with Gasteiger partial charge in [0.25, 0.3) is 0 Å². The molecule has 0 spiro atoms. The van der Waals surface area contributed by atoms with E-state index >= 15 is 0 Å². The number of benzene rings is 1. The number of urea groups is 1. The molecule has 0 radical (unpaired) electrons. The molecule has 1 aromatic carbocycles. The lowest BCUT2D eigenvalue weighted by Crippen LogP contribution is -2.43. The predicted molar refractivity (Wildman–Crippen MR) is 70.9 cm³/mol. The van der Waals surface area contributed by atoms with Crippen LogP contribution in [0.1, 0.15) is 13.8 Å². The molecule has 0 saturated carbocycles. The molecule has 0 aliphatic heterocycles. The number of rotatable bonds is 5. The highest BCUT2D eigenvalue weighted by Gasteiger charge is 2.15. The molecule has 1 atom stereocenters. The molecule has 1 aromatic rings. The molecule has 0 fully saturated rings. The van der Waals surface area contributed by atoms with Crippen LogP contribution in [0.2, 0.25) is 0 Å². The molecule has 2 amide bonds. The average Bonchev–Trinajstić information content (AvgIpc) is 2.36. The number of amides is 2. The quantitative estimate of drug-likeness (QED) is 0.748. The first-order valence-corrected chi connectivity index (χ1v) is 5.90. The van der Waals surface area contributed by atoms with E-state index in [0.717, 1.165) is 0 Å². The summed E-state index contributed by atoms with van der Waals surface area (Å²) in [6, 6.07) is 6.53. The van der Waals surface area contributed by atoms with Gasteiger partial charge in [-0.25, -0.2) is 4.79 Å². The summed E-state index contributed by atoms with van der Waals surface area (Å²) in [5, 5.41) is 14.6. The van der Waals surface area contributed by atoms with Gasteiger partial charge in [0.1, 0.15) is 5.75 Å². The topological polar surface area (TPSA) is 70.6 Å². The van der Waals surface area contributed by atoms with Gasteiger partial charge in [0, 0.05) is 0 Å². The second-order valence-electron chi connectivity index (χ2n) is 4.33. The van der Waals surface area contributed by atoms with Crippen molar-refractivity contribution in [3.8, 4) is 5.75 Å². The van der Waals surface area contributed by atoms with Crippen LogP contribution in [0.5, 0.6) is 5.75 Å². The van der Waals surface area contributed by atoms with Gasteiger partial charge in [0.15, 0.2) is 0 Å². The summed E-state index contributed by atoms with van der Waals surface area (Å²) in [6.07, 6.45) is 0. The van der Waals surface area contributed by atoms with Gasteiger partial charge in [-0.2, -0.15) is 0 Å². The standard InChI is InChI=1S/C13H20N2O3/c1-9(2)11(8-16)15-13(17)14-10-6-4-5-7-12(10)18-3/h4-7,9,11,16H,8H2,1-3H3,(H2,14,15,17). The molecule has 0 saturated heterocycles. The lowest BCUT2D eigenvalue weighted by Gasteiger charge is -2.20. The monoisotopic (exact) mass is 252 g/mol. The zero-order chi connectivity index (χ0) is 13.5. The zero-order valence-electron chi connectivity index (χ0n) is 10.9. The Morgan fingerprint density at radius 1 is 1.39 bits per heavy atom. The van der Waals surface area contributed by atoms with E-state index in [1.54, 1.807) is 19.2 Å². The van der Waals surface area contributed by atoms with Crippen LogP contribution in [0.3, 0.4) is 0 Å². The Hall–Kier alpha value is -1.75. The third-order valence-electron chi connectivity index (χ3n) is 2.67. The van der Waals surface area contributed by atoms with Gasteiger partial charge >= 0.3 is 6.03 Å². The molecular weight excluding hydrogens is 232 g/mol. The van der Waals surface area contributed by atoms with Crippen molar-refractivity contribution in [2.75, 3.05) is 19.0 Å². The Morgan fingerprint density at radius 3 is 2.61 bits per heavy atom. The van der Waals surface area contributed by atoms with Crippen molar-refractivity contribution in [1.82, 2.24) is 5.32 Å². The largest absolute Gasteiger partial charge is 0.495 e. The SMILES string of the molecule is COc1ccccc1NC(=O)NC(CO)C(C)C. The number of ether oxygens (including phenoxy) is 1. The maximum atomic E-state index is 11.8. The molecule has 5 heteroatoms. The van der Waals surface area contributed by atoms with Gasteiger partial charge in [-0.1, -0.05) is 26.0 Å². The second-order valence-corrected chi connectivity index (χ2v) is 4.33. The molecule has 3 N–H and O–H groups in total. The normalized spacial score (nSPS) is 12.1. The van der Waals surface area contributed by atoms with Gasteiger partial charge < -0.3 is 20.5 Å². The fourth-order valence-electron chi connectivity index (χ4n) is 1.50. The van der Waals surface area contributed by atoms with Crippen LogP contribution in [0.4, 0.5) is 10.5 Å². The molecule has 0 bridgehead atoms. The van der Waals surface area contributed by atoms with Crippen molar-refractivity contribution in [2.24, 2.45) is 5.92 Å². The summed E-state index contributed by atoms with van der Waals surface area (Å²) in [4.78, 5) is 11.8. The summed E-state index contributed by atoms with van der Waals surface area (Å²) < 4.78 is 5.13. The molecule has 5 nitrogen and oxygen atoms in total. The summed E-state index contributed by atoms with van der Waals surface area (Å²) in [6.45, 7) is 3.78. The number of carbonyl (C=O) groups is 1. The van der Waals surface area contributed by atoms with E-state index in [9.17, 15) is 4.79 Å². The van der Waals surface area contributed by atoms with E-state index in [4.69, 9.17) is 9.84 Å². The van der Waals surface area contributed by atoms with Crippen LogP contribution in [0.25, 0.3) is 0 Å². The smallest absolute Gasteiger partial charge is 0.319 e. The minimum absolute atomic E-state index is 0.0863. The van der Waals surface area contributed by atoms with Crippen molar-refractivity contribution < 1.29 is 14.6 Å². The number of anilines is 1. The van der Waals surface area contributed by atoms with Crippen molar-refractivity contribution in [3.63, 3.8) is 0 Å². The van der Waals surface area contributed by atoms with Crippen molar-refractivity contribution in [2.45, 2.75) is 19.9 Å². The van der Waals surface area contributed by atoms with Crippen LogP contribution in [-0.2, 0) is 0 Å². The number of nitrogens with one attached hydrogen (secondary N) is 2. The fourth-order valence-corrected chi connectivity index (χ4v) is 1.50. The van der Waals surface area contributed by atoms with E-state index in [-0.39, 0.29) is 24.6 Å². The lowest BCUT2D eigenvalue weighted by atomic mass is 10.1. The number of aliphatic hydroxyl groups is 1. The maximum absolute atomic E-state index is 11.8. The highest BCUT2D eigenvalue weighted by atomic mass is 16.5. The van der Waals surface area contributed by atoms with Crippen LogP contribution in [-0.4, -0.2) is 30.9 Å². The Balaban J connectivity index is 2.64. The van der Waals surface area contributed by atoms with Crippen molar-refractivity contribution in [3.05, 3.63) is 24.3 Å². The molecule has 100 valence electrons. The van der Waals surface area contributed by atoms with Gasteiger partial charge in [0.05, 0.1) is 25.4 Å². The van der Waals surface area contributed by atoms with Crippen molar-refractivity contribution in [1.29, 1.82) is 0 Å². The molecular formula is C13H20N2O3. The van der Waals surface area contributed by atoms with Gasteiger partial charge in [-0.15, -0.1) is 0 Å². The van der Waals surface area contributed by atoms with E-state index in [2.05, 4.69) is 10.6 Å². The summed E-state index contributed by atoms with van der Waals surface area (Å²) in [7, 11) is 1.54. The second kappa shape index (κ2) is 6.86. The van der Waals surface area contributed by atoms with Crippen LogP contribution < -0.4 is 15.4 Å². The summed E-state index contributed by atoms with van der Waals surface area (Å²) >= 11 is 0. The molecule has 0 aliphatic carbocycles. The van der Waals surface area contributed by atoms with E-state index in [1.165, 1.54) is 0 Å². The Morgan fingerprint density at radius 2 is 2.06 bits per heavy atom. The summed E-state index contributed by atoms with van der Waals surface area (Å²) in [5.74, 6) is 0.760. The molecule has 0 aliphatic rings. The number of carbonyl (C=O) groups excluding carboxylic acids is 1. The third kappa shape index (κ3) is 3.92. The summed E-state index contributed by atoms with van der Waals surface area (Å²) in [5.41, 5.74) is 0.595. The zero-order valence-corrected chi connectivity index (χ0v) is 10.9. The number of methoxy groups -OCH3 is 1. The molecule has 18 heavy (non-hydrogen) atoms. The molecule has 0 heterocycles. The van der Waals surface area contributed by atoms with Crippen LogP contribution in [0, 0.1) is 5.92 Å². The first kappa shape index (κ1) is 14.3. The van der Waals surface area contributed by atoms with Crippen molar-refractivity contribution >= 4 is 11.7 Å². The number of para-hydroxylation sites is 2. The van der Waals surface area contributed by atoms with Crippen LogP contribution in [0.15, 0.2) is 24.3 Å². The van der Waals surface area contributed by atoms with E-state index in [1.807, 2.05) is 26.0 Å². The minimum Gasteiger partial charge on any atom is -0.495 e. The lowest BCUT2D eigenvalue weighted by molar-refractivity contribution is 0.204. The molecule has 1 unspecified atom stereocenters. The van der Waals surface area contributed by atoms with Gasteiger partial charge in [0.2, 0.25) is 0 Å².